The Morgan fingerprint density at radius 3 is 2.89 bits per heavy atom. The Balaban J connectivity index is 2.26. The second-order valence-corrected chi connectivity index (χ2v) is 4.17. The summed E-state index contributed by atoms with van der Waals surface area (Å²) in [7, 11) is 0. The quantitative estimate of drug-likeness (QED) is 0.760. The third-order valence-electron chi connectivity index (χ3n) is 2.90. The van der Waals surface area contributed by atoms with Crippen LogP contribution < -0.4 is 0 Å². The molecule has 0 atom stereocenters. The van der Waals surface area contributed by atoms with Crippen molar-refractivity contribution in [2.75, 3.05) is 0 Å². The molecule has 5 heteroatoms. The highest BCUT2D eigenvalue weighted by molar-refractivity contribution is 6.00. The number of oxazole rings is 1. The van der Waals surface area contributed by atoms with E-state index in [0.29, 0.717) is 17.0 Å². The van der Waals surface area contributed by atoms with Gasteiger partial charge in [0.05, 0.1) is 5.56 Å². The molecule has 0 fully saturated rings. The zero-order chi connectivity index (χ0) is 13.4. The molecule has 0 bridgehead atoms. The molecule has 0 saturated carbocycles. The van der Waals surface area contributed by atoms with Gasteiger partial charge in [-0.15, -0.1) is 0 Å². The van der Waals surface area contributed by atoms with Crippen LogP contribution in [-0.2, 0) is 0 Å². The van der Waals surface area contributed by atoms with Crippen LogP contribution in [0.1, 0.15) is 15.9 Å². The van der Waals surface area contributed by atoms with Gasteiger partial charge in [0.15, 0.2) is 5.58 Å². The van der Waals surface area contributed by atoms with Gasteiger partial charge in [0.1, 0.15) is 5.52 Å². The lowest BCUT2D eigenvalue weighted by molar-refractivity contribution is 0.0699. The number of carboxylic acid groups (broad SMARTS) is 1. The van der Waals surface area contributed by atoms with E-state index in [4.69, 9.17) is 9.52 Å². The largest absolute Gasteiger partial charge is 0.478 e. The van der Waals surface area contributed by atoms with Gasteiger partial charge in [-0.25, -0.2) is 9.78 Å². The zero-order valence-electron chi connectivity index (χ0n) is 10.1. The maximum absolute atomic E-state index is 11.1. The van der Waals surface area contributed by atoms with E-state index in [1.165, 1.54) is 6.07 Å². The minimum absolute atomic E-state index is 0.138. The molecule has 19 heavy (non-hydrogen) atoms. The van der Waals surface area contributed by atoms with Gasteiger partial charge in [0.25, 0.3) is 0 Å². The first-order valence-corrected chi connectivity index (χ1v) is 5.70. The van der Waals surface area contributed by atoms with Crippen LogP contribution in [0.25, 0.3) is 22.6 Å². The van der Waals surface area contributed by atoms with Gasteiger partial charge in [-0.3, -0.25) is 4.98 Å². The minimum Gasteiger partial charge on any atom is -0.478 e. The van der Waals surface area contributed by atoms with Crippen molar-refractivity contribution in [3.05, 3.63) is 47.8 Å². The van der Waals surface area contributed by atoms with Crippen LogP contribution in [0, 0.1) is 6.92 Å². The monoisotopic (exact) mass is 254 g/mol. The lowest BCUT2D eigenvalue weighted by atomic mass is 10.1. The topological polar surface area (TPSA) is 76.2 Å². The van der Waals surface area contributed by atoms with Gasteiger partial charge >= 0.3 is 5.97 Å². The summed E-state index contributed by atoms with van der Waals surface area (Å²) in [4.78, 5) is 19.4. The van der Waals surface area contributed by atoms with E-state index in [1.54, 1.807) is 30.6 Å². The number of hydrogen-bond donors (Lipinski definition) is 1. The molecule has 0 aliphatic carbocycles. The fourth-order valence-electron chi connectivity index (χ4n) is 1.95. The van der Waals surface area contributed by atoms with Crippen molar-refractivity contribution < 1.29 is 14.3 Å². The molecule has 1 N–H and O–H groups in total. The Morgan fingerprint density at radius 2 is 2.16 bits per heavy atom. The van der Waals surface area contributed by atoms with Gasteiger partial charge < -0.3 is 9.52 Å². The number of rotatable bonds is 2. The first-order chi connectivity index (χ1) is 9.16. The van der Waals surface area contributed by atoms with Crippen LogP contribution in [0.3, 0.4) is 0 Å². The predicted octanol–water partition coefficient (Wildman–Crippen LogP) is 2.90. The summed E-state index contributed by atoms with van der Waals surface area (Å²) in [6.45, 7) is 1.90. The van der Waals surface area contributed by atoms with Gasteiger partial charge in [-0.05, 0) is 30.7 Å². The lowest BCUT2D eigenvalue weighted by Gasteiger charge is -1.98. The standard InChI is InChI=1S/C14H10N2O3/c1-8-7-15-6-5-9(8)13-16-12-10(14(17)18)3-2-4-11(12)19-13/h2-7H,1H3,(H,17,18). The number of aryl methyl sites for hydroxylation is 1. The molecule has 0 saturated heterocycles. The average Bonchev–Trinajstić information content (AvgIpc) is 2.82. The lowest BCUT2D eigenvalue weighted by Crippen LogP contribution is -1.96. The number of aromatic nitrogens is 2. The van der Waals surface area contributed by atoms with Crippen LogP contribution >= 0.6 is 0 Å². The van der Waals surface area contributed by atoms with Gasteiger partial charge in [-0.2, -0.15) is 0 Å². The van der Waals surface area contributed by atoms with Crippen molar-refractivity contribution in [2.24, 2.45) is 0 Å². The molecule has 94 valence electrons. The number of carbonyl (C=O) groups is 1. The Hall–Kier alpha value is -2.69. The van der Waals surface area contributed by atoms with Gasteiger partial charge in [0, 0.05) is 18.0 Å². The molecule has 0 radical (unpaired) electrons. The van der Waals surface area contributed by atoms with E-state index in [9.17, 15) is 4.79 Å². The maximum atomic E-state index is 11.1. The highest BCUT2D eigenvalue weighted by Gasteiger charge is 2.16. The molecule has 2 heterocycles. The average molecular weight is 254 g/mol. The second kappa shape index (κ2) is 4.20. The normalized spacial score (nSPS) is 10.8. The molecular weight excluding hydrogens is 244 g/mol. The number of carboxylic acids is 1. The first-order valence-electron chi connectivity index (χ1n) is 5.70. The number of aromatic carboxylic acids is 1. The van der Waals surface area contributed by atoms with Crippen LogP contribution in [0.5, 0.6) is 0 Å². The van der Waals surface area contributed by atoms with Crippen LogP contribution in [0.2, 0.25) is 0 Å². The molecule has 0 aliphatic rings. The van der Waals surface area contributed by atoms with E-state index in [0.717, 1.165) is 11.1 Å². The fraction of sp³-hybridized carbons (Fsp3) is 0.0714. The molecule has 3 aromatic rings. The minimum atomic E-state index is -1.02. The first kappa shape index (κ1) is 11.4. The van der Waals surface area contributed by atoms with Crippen molar-refractivity contribution in [1.29, 1.82) is 0 Å². The number of hydrogen-bond acceptors (Lipinski definition) is 4. The summed E-state index contributed by atoms with van der Waals surface area (Å²) in [5, 5.41) is 9.13. The SMILES string of the molecule is Cc1cnccc1-c1nc2c(C(=O)O)cccc2o1. The number of para-hydroxylation sites is 1. The molecule has 3 rings (SSSR count). The van der Waals surface area contributed by atoms with Gasteiger partial charge in [0.2, 0.25) is 5.89 Å². The highest BCUT2D eigenvalue weighted by atomic mass is 16.4. The van der Waals surface area contributed by atoms with E-state index in [2.05, 4.69) is 9.97 Å². The van der Waals surface area contributed by atoms with Crippen LogP contribution in [-0.4, -0.2) is 21.0 Å². The summed E-state index contributed by atoms with van der Waals surface area (Å²) in [6, 6.07) is 6.64. The Labute approximate surface area is 108 Å². The summed E-state index contributed by atoms with van der Waals surface area (Å²) in [6.07, 6.45) is 3.36. The van der Waals surface area contributed by atoms with E-state index < -0.39 is 5.97 Å². The zero-order valence-corrected chi connectivity index (χ0v) is 10.1. The third-order valence-corrected chi connectivity index (χ3v) is 2.90. The fourth-order valence-corrected chi connectivity index (χ4v) is 1.95. The van der Waals surface area contributed by atoms with E-state index in [1.807, 2.05) is 6.92 Å². The number of benzene rings is 1. The van der Waals surface area contributed by atoms with Gasteiger partial charge in [-0.1, -0.05) is 6.07 Å². The molecule has 0 unspecified atom stereocenters. The third kappa shape index (κ3) is 1.85. The molecular formula is C14H10N2O3. The second-order valence-electron chi connectivity index (χ2n) is 4.17. The Morgan fingerprint density at radius 1 is 1.32 bits per heavy atom. The van der Waals surface area contributed by atoms with Crippen molar-refractivity contribution >= 4 is 17.1 Å². The molecule has 0 amide bonds. The van der Waals surface area contributed by atoms with Crippen molar-refractivity contribution in [3.8, 4) is 11.5 Å². The highest BCUT2D eigenvalue weighted by Crippen LogP contribution is 2.27. The van der Waals surface area contributed by atoms with E-state index >= 15 is 0 Å². The number of pyridine rings is 1. The number of nitrogens with zero attached hydrogens (tertiary/aromatic N) is 2. The van der Waals surface area contributed by atoms with E-state index in [-0.39, 0.29) is 5.56 Å². The molecule has 1 aromatic carbocycles. The number of fused-ring (bicyclic) bond motifs is 1. The molecule has 5 nitrogen and oxygen atoms in total. The van der Waals surface area contributed by atoms with Crippen molar-refractivity contribution in [2.45, 2.75) is 6.92 Å². The molecule has 0 aliphatic heterocycles. The summed E-state index contributed by atoms with van der Waals surface area (Å²) < 4.78 is 5.62. The Kier molecular flexibility index (Phi) is 2.52. The molecule has 2 aromatic heterocycles. The van der Waals surface area contributed by atoms with Crippen LogP contribution in [0.15, 0.2) is 41.1 Å². The summed E-state index contributed by atoms with van der Waals surface area (Å²) in [5.41, 5.74) is 2.69. The maximum Gasteiger partial charge on any atom is 0.338 e. The van der Waals surface area contributed by atoms with Crippen molar-refractivity contribution in [1.82, 2.24) is 9.97 Å². The smallest absolute Gasteiger partial charge is 0.338 e. The Bertz CT molecular complexity index is 777. The van der Waals surface area contributed by atoms with Crippen molar-refractivity contribution in [3.63, 3.8) is 0 Å². The summed E-state index contributed by atoms with van der Waals surface area (Å²) in [5.74, 6) is -0.611. The predicted molar refractivity (Wildman–Crippen MR) is 68.9 cm³/mol. The summed E-state index contributed by atoms with van der Waals surface area (Å²) >= 11 is 0. The van der Waals surface area contributed by atoms with Crippen LogP contribution in [0.4, 0.5) is 0 Å². The molecule has 0 spiro atoms.